The number of nitrogens with two attached hydrogens (primary N) is 1. The average molecular weight is 231 g/mol. The first-order valence-electron chi connectivity index (χ1n) is 5.30. The number of rotatable bonds is 5. The molecule has 0 spiro atoms. The van der Waals surface area contributed by atoms with Crippen molar-refractivity contribution in [2.75, 3.05) is 6.54 Å². The number of primary amides is 1. The lowest BCUT2D eigenvalue weighted by Crippen LogP contribution is -2.26. The summed E-state index contributed by atoms with van der Waals surface area (Å²) in [4.78, 5) is 10.8. The summed E-state index contributed by atoms with van der Waals surface area (Å²) < 4.78 is 0. The highest BCUT2D eigenvalue weighted by Crippen LogP contribution is 2.15. The van der Waals surface area contributed by atoms with Crippen molar-refractivity contribution in [1.29, 1.82) is 0 Å². The van der Waals surface area contributed by atoms with E-state index in [2.05, 4.69) is 11.8 Å². The number of amides is 1. The molecule has 1 rings (SSSR count). The lowest BCUT2D eigenvalue weighted by Gasteiger charge is -2.13. The second-order valence-corrected chi connectivity index (χ2v) is 3.88. The fourth-order valence-electron chi connectivity index (χ4n) is 1.41. The zero-order valence-corrected chi connectivity index (χ0v) is 10.2. The number of allylic oxidation sites excluding steroid dienone is 1. The van der Waals surface area contributed by atoms with Gasteiger partial charge in [-0.3, -0.25) is 9.80 Å². The number of carbonyl (C=O) groups is 1. The highest BCUT2D eigenvalue weighted by molar-refractivity contribution is 5.76. The first-order chi connectivity index (χ1) is 8.02. The topological polar surface area (TPSA) is 58.7 Å². The summed E-state index contributed by atoms with van der Waals surface area (Å²) in [5, 5.41) is 5.15. The molecule has 0 saturated heterocycles. The van der Waals surface area contributed by atoms with Gasteiger partial charge in [0.1, 0.15) is 6.54 Å². The molecule has 90 valence electrons. The molecule has 0 atom stereocenters. The van der Waals surface area contributed by atoms with Gasteiger partial charge in [-0.05, 0) is 25.0 Å². The van der Waals surface area contributed by atoms with Crippen LogP contribution in [0.5, 0.6) is 0 Å². The second kappa shape index (κ2) is 5.84. The van der Waals surface area contributed by atoms with E-state index in [1.54, 1.807) is 6.20 Å². The molecule has 0 saturated carbocycles. The fraction of sp³-hybridized carbons (Fsp3) is 0.231. The smallest absolute Gasteiger partial charge is 0.239 e. The van der Waals surface area contributed by atoms with Gasteiger partial charge in [-0.2, -0.15) is 5.10 Å². The largest absolute Gasteiger partial charge is 0.368 e. The Bertz CT molecular complexity index is 434. The van der Waals surface area contributed by atoms with Crippen molar-refractivity contribution in [2.45, 2.75) is 13.8 Å². The van der Waals surface area contributed by atoms with Gasteiger partial charge >= 0.3 is 0 Å². The van der Waals surface area contributed by atoms with E-state index in [0.717, 1.165) is 11.1 Å². The van der Waals surface area contributed by atoms with Crippen LogP contribution >= 0.6 is 0 Å². The van der Waals surface area contributed by atoms with Crippen molar-refractivity contribution in [1.82, 2.24) is 5.01 Å². The van der Waals surface area contributed by atoms with E-state index in [0.29, 0.717) is 0 Å². The Balaban J connectivity index is 2.86. The van der Waals surface area contributed by atoms with Crippen molar-refractivity contribution in [3.05, 3.63) is 41.6 Å². The number of nitrogens with zero attached hydrogens (tertiary/aromatic N) is 2. The van der Waals surface area contributed by atoms with Crippen molar-refractivity contribution >= 4 is 18.2 Å². The van der Waals surface area contributed by atoms with Gasteiger partial charge in [0.25, 0.3) is 0 Å². The van der Waals surface area contributed by atoms with Crippen LogP contribution < -0.4 is 5.73 Å². The van der Waals surface area contributed by atoms with E-state index in [4.69, 9.17) is 5.73 Å². The molecule has 0 heterocycles. The number of hydrogen-bond donors (Lipinski definition) is 1. The molecule has 0 aliphatic carbocycles. The number of hydrazone groups is 1. The van der Waals surface area contributed by atoms with Gasteiger partial charge in [-0.1, -0.05) is 29.8 Å². The predicted octanol–water partition coefficient (Wildman–Crippen LogP) is 1.76. The van der Waals surface area contributed by atoms with Crippen LogP contribution in [0.2, 0.25) is 0 Å². The third-order valence-corrected chi connectivity index (χ3v) is 2.35. The minimum atomic E-state index is -0.439. The molecule has 0 aliphatic rings. The molecule has 1 aromatic carbocycles. The number of hydrogen-bond acceptors (Lipinski definition) is 3. The fourth-order valence-corrected chi connectivity index (χ4v) is 1.41. The van der Waals surface area contributed by atoms with Gasteiger partial charge in [0.15, 0.2) is 0 Å². The van der Waals surface area contributed by atoms with Crippen LogP contribution in [-0.2, 0) is 4.79 Å². The zero-order valence-electron chi connectivity index (χ0n) is 10.2. The van der Waals surface area contributed by atoms with Crippen LogP contribution in [0, 0.1) is 6.92 Å². The first kappa shape index (κ1) is 13.0. The maximum Gasteiger partial charge on any atom is 0.239 e. The Labute approximate surface area is 101 Å². The maximum absolute atomic E-state index is 10.8. The highest BCUT2D eigenvalue weighted by Gasteiger charge is 2.03. The molecule has 0 fully saturated rings. The molecule has 2 N–H and O–H groups in total. The van der Waals surface area contributed by atoms with Crippen LogP contribution in [0.4, 0.5) is 0 Å². The Kier molecular flexibility index (Phi) is 4.46. The van der Waals surface area contributed by atoms with E-state index in [1.807, 2.05) is 38.1 Å². The predicted molar refractivity (Wildman–Crippen MR) is 70.3 cm³/mol. The molecule has 4 heteroatoms. The molecule has 4 nitrogen and oxygen atoms in total. The lowest BCUT2D eigenvalue weighted by molar-refractivity contribution is -0.118. The van der Waals surface area contributed by atoms with Crippen molar-refractivity contribution in [2.24, 2.45) is 10.8 Å². The molecule has 0 aliphatic heterocycles. The van der Waals surface area contributed by atoms with Gasteiger partial charge in [-0.25, -0.2) is 0 Å². The number of benzene rings is 1. The van der Waals surface area contributed by atoms with Gasteiger partial charge in [-0.15, -0.1) is 0 Å². The lowest BCUT2D eigenvalue weighted by atomic mass is 10.1. The molecular weight excluding hydrogens is 214 g/mol. The van der Waals surface area contributed by atoms with E-state index in [1.165, 1.54) is 10.6 Å². The minimum Gasteiger partial charge on any atom is -0.368 e. The van der Waals surface area contributed by atoms with E-state index >= 15 is 0 Å². The second-order valence-electron chi connectivity index (χ2n) is 3.88. The monoisotopic (exact) mass is 231 g/mol. The molecule has 0 aromatic heterocycles. The molecule has 0 unspecified atom stereocenters. The quantitative estimate of drug-likeness (QED) is 0.620. The van der Waals surface area contributed by atoms with Crippen LogP contribution in [0.25, 0.3) is 5.57 Å². The Morgan fingerprint density at radius 2 is 2.06 bits per heavy atom. The average Bonchev–Trinajstić information content (AvgIpc) is 2.28. The van der Waals surface area contributed by atoms with Crippen LogP contribution in [-0.4, -0.2) is 24.2 Å². The summed E-state index contributed by atoms with van der Waals surface area (Å²) in [5.74, 6) is -0.439. The first-order valence-corrected chi connectivity index (χ1v) is 5.30. The van der Waals surface area contributed by atoms with Gasteiger partial charge in [0.2, 0.25) is 5.91 Å². The van der Waals surface area contributed by atoms with Crippen molar-refractivity contribution < 1.29 is 4.79 Å². The highest BCUT2D eigenvalue weighted by atomic mass is 16.1. The molecule has 0 radical (unpaired) electrons. The molecule has 17 heavy (non-hydrogen) atoms. The summed E-state index contributed by atoms with van der Waals surface area (Å²) in [6, 6.07) is 8.11. The standard InChI is InChI=1S/C13H17N3O/c1-10-4-6-12(7-5-10)11(2)8-16(15-3)9-13(14)17/h4-8H,3,9H2,1-2H3,(H2,14,17)/b11-8+. The Morgan fingerprint density at radius 3 is 2.53 bits per heavy atom. The third kappa shape index (κ3) is 4.10. The third-order valence-electron chi connectivity index (χ3n) is 2.35. The van der Waals surface area contributed by atoms with E-state index in [-0.39, 0.29) is 6.54 Å². The van der Waals surface area contributed by atoms with Crippen LogP contribution in [0.1, 0.15) is 18.1 Å². The normalized spacial score (nSPS) is 11.1. The Hall–Kier alpha value is -2.10. The minimum absolute atomic E-state index is 0.0344. The molecule has 0 bridgehead atoms. The molecule has 1 aromatic rings. The summed E-state index contributed by atoms with van der Waals surface area (Å²) in [7, 11) is 0. The number of carbonyl (C=O) groups excluding carboxylic acids is 1. The van der Waals surface area contributed by atoms with E-state index in [9.17, 15) is 4.79 Å². The SMILES string of the molecule is C=NN(/C=C(\C)c1ccc(C)cc1)CC(N)=O. The van der Waals surface area contributed by atoms with Crippen LogP contribution in [0.15, 0.2) is 35.6 Å². The van der Waals surface area contributed by atoms with Crippen molar-refractivity contribution in [3.8, 4) is 0 Å². The summed E-state index contributed by atoms with van der Waals surface area (Å²) in [6.45, 7) is 7.42. The van der Waals surface area contributed by atoms with Crippen molar-refractivity contribution in [3.63, 3.8) is 0 Å². The van der Waals surface area contributed by atoms with Gasteiger partial charge in [0, 0.05) is 12.9 Å². The zero-order chi connectivity index (χ0) is 12.8. The number of aryl methyl sites for hydroxylation is 1. The molecule has 1 amide bonds. The summed E-state index contributed by atoms with van der Waals surface area (Å²) in [5.41, 5.74) is 8.39. The van der Waals surface area contributed by atoms with E-state index < -0.39 is 5.91 Å². The van der Waals surface area contributed by atoms with Gasteiger partial charge in [0.05, 0.1) is 0 Å². The van der Waals surface area contributed by atoms with Crippen LogP contribution in [0.3, 0.4) is 0 Å². The molecular formula is C13H17N3O. The van der Waals surface area contributed by atoms with Gasteiger partial charge < -0.3 is 5.73 Å². The summed E-state index contributed by atoms with van der Waals surface area (Å²) >= 11 is 0. The Morgan fingerprint density at radius 1 is 1.47 bits per heavy atom. The maximum atomic E-state index is 10.8. The summed E-state index contributed by atoms with van der Waals surface area (Å²) in [6.07, 6.45) is 1.75.